The van der Waals surface area contributed by atoms with E-state index >= 15 is 0 Å². The van der Waals surface area contributed by atoms with E-state index in [1.54, 1.807) is 0 Å². The van der Waals surface area contributed by atoms with Crippen LogP contribution in [-0.2, 0) is 10.0 Å². The van der Waals surface area contributed by atoms with E-state index in [-0.39, 0.29) is 0 Å². The topological polar surface area (TPSA) is 106 Å². The normalized spacial score (nSPS) is 11.0. The largest absolute Gasteiger partial charge is 0.289 e. The highest BCUT2D eigenvalue weighted by molar-refractivity contribution is 7.90. The van der Waals surface area contributed by atoms with Gasteiger partial charge in [-0.3, -0.25) is 14.9 Å². The molecule has 0 unspecified atom stereocenters. The molecule has 0 bridgehead atoms. The van der Waals surface area contributed by atoms with Crippen LogP contribution in [0.4, 0.5) is 14.5 Å². The molecule has 0 fully saturated rings. The highest BCUT2D eigenvalue weighted by atomic mass is 32.2. The first kappa shape index (κ1) is 16.5. The van der Waals surface area contributed by atoms with Crippen molar-refractivity contribution in [2.24, 2.45) is 0 Å². The molecule has 0 aliphatic heterocycles. The fourth-order valence-corrected chi connectivity index (χ4v) is 2.88. The molecule has 0 aromatic heterocycles. The van der Waals surface area contributed by atoms with Gasteiger partial charge >= 0.3 is 0 Å². The third-order valence-electron chi connectivity index (χ3n) is 2.75. The number of hydrogen-bond donors (Lipinski definition) is 1. The molecule has 2 rings (SSSR count). The number of para-hydroxylation sites is 1. The van der Waals surface area contributed by atoms with E-state index in [9.17, 15) is 32.1 Å². The average molecular weight is 342 g/mol. The summed E-state index contributed by atoms with van der Waals surface area (Å²) in [6.07, 6.45) is 0. The van der Waals surface area contributed by atoms with Crippen molar-refractivity contribution in [2.75, 3.05) is 0 Å². The van der Waals surface area contributed by atoms with Crippen LogP contribution in [0.3, 0.4) is 0 Å². The van der Waals surface area contributed by atoms with Crippen LogP contribution in [0.1, 0.15) is 10.4 Å². The Balaban J connectivity index is 2.41. The third-order valence-corrected chi connectivity index (χ3v) is 4.13. The molecule has 0 heterocycles. The fraction of sp³-hybridized carbons (Fsp3) is 0. The number of nitro groups is 1. The summed E-state index contributed by atoms with van der Waals surface area (Å²) in [5.41, 5.74) is -1.60. The summed E-state index contributed by atoms with van der Waals surface area (Å²) in [5.74, 6) is -3.53. The van der Waals surface area contributed by atoms with E-state index < -0.39 is 48.6 Å². The quantitative estimate of drug-likeness (QED) is 0.675. The molecule has 1 N–H and O–H groups in total. The Bertz CT molecular complexity index is 899. The van der Waals surface area contributed by atoms with Gasteiger partial charge in [0.2, 0.25) is 0 Å². The smallest absolute Gasteiger partial charge is 0.268 e. The summed E-state index contributed by atoms with van der Waals surface area (Å²) in [5, 5.41) is 10.8. The van der Waals surface area contributed by atoms with E-state index in [4.69, 9.17) is 0 Å². The second-order valence-electron chi connectivity index (χ2n) is 4.28. The molecule has 7 nitrogen and oxygen atoms in total. The van der Waals surface area contributed by atoms with Gasteiger partial charge in [-0.2, -0.15) is 0 Å². The molecular formula is C13H8F2N2O5S. The van der Waals surface area contributed by atoms with Crippen molar-refractivity contribution in [1.82, 2.24) is 4.72 Å². The van der Waals surface area contributed by atoms with Crippen molar-refractivity contribution in [3.8, 4) is 0 Å². The zero-order valence-electron chi connectivity index (χ0n) is 11.2. The minimum absolute atomic E-state index is 0.513. The molecule has 0 saturated heterocycles. The van der Waals surface area contributed by atoms with Crippen molar-refractivity contribution in [2.45, 2.75) is 4.90 Å². The molecule has 0 spiro atoms. The number of nitrogens with zero attached hydrogens (tertiary/aromatic N) is 1. The van der Waals surface area contributed by atoms with Crippen molar-refractivity contribution < 1.29 is 26.9 Å². The van der Waals surface area contributed by atoms with Gasteiger partial charge < -0.3 is 0 Å². The molecule has 2 aromatic carbocycles. The van der Waals surface area contributed by atoms with E-state index in [0.29, 0.717) is 12.1 Å². The Morgan fingerprint density at radius 3 is 2.43 bits per heavy atom. The maximum atomic E-state index is 13.5. The van der Waals surface area contributed by atoms with Gasteiger partial charge in [0.1, 0.15) is 11.6 Å². The molecule has 0 atom stereocenters. The zero-order valence-corrected chi connectivity index (χ0v) is 12.0. The number of amides is 1. The van der Waals surface area contributed by atoms with Gasteiger partial charge in [0.25, 0.3) is 21.6 Å². The maximum Gasteiger partial charge on any atom is 0.289 e. The number of nitrogens with one attached hydrogen (secondary N) is 1. The fourth-order valence-electron chi connectivity index (χ4n) is 1.74. The first-order valence-electron chi connectivity index (χ1n) is 5.98. The SMILES string of the molecule is O=C(NS(=O)(=O)c1ccccc1[N+](=O)[O-])c1cc(F)ccc1F. The van der Waals surface area contributed by atoms with E-state index in [1.165, 1.54) is 16.9 Å². The minimum atomic E-state index is -4.64. The van der Waals surface area contributed by atoms with Gasteiger partial charge in [0, 0.05) is 6.07 Å². The zero-order chi connectivity index (χ0) is 17.2. The highest BCUT2D eigenvalue weighted by Crippen LogP contribution is 2.23. The van der Waals surface area contributed by atoms with Crippen LogP contribution >= 0.6 is 0 Å². The monoisotopic (exact) mass is 342 g/mol. The predicted octanol–water partition coefficient (Wildman–Crippen LogP) is 1.99. The standard InChI is InChI=1S/C13H8F2N2O5S/c14-8-5-6-10(15)9(7-8)13(18)16-23(21,22)12-4-2-1-3-11(12)17(19)20/h1-7H,(H,16,18). The second kappa shape index (κ2) is 6.08. The molecule has 0 aliphatic rings. The maximum absolute atomic E-state index is 13.5. The van der Waals surface area contributed by atoms with E-state index in [0.717, 1.165) is 18.2 Å². The summed E-state index contributed by atoms with van der Waals surface area (Å²) in [7, 11) is -4.64. The Morgan fingerprint density at radius 2 is 1.78 bits per heavy atom. The summed E-state index contributed by atoms with van der Waals surface area (Å²) >= 11 is 0. The van der Waals surface area contributed by atoms with Gasteiger partial charge in [-0.15, -0.1) is 0 Å². The van der Waals surface area contributed by atoms with E-state index in [2.05, 4.69) is 0 Å². The van der Waals surface area contributed by atoms with Crippen LogP contribution in [0.5, 0.6) is 0 Å². The summed E-state index contributed by atoms with van der Waals surface area (Å²) in [4.78, 5) is 21.0. The number of hydrogen-bond acceptors (Lipinski definition) is 5. The number of halogens is 2. The summed E-state index contributed by atoms with van der Waals surface area (Å²) in [6.45, 7) is 0. The van der Waals surface area contributed by atoms with Gasteiger partial charge in [-0.25, -0.2) is 21.9 Å². The van der Waals surface area contributed by atoms with Crippen LogP contribution in [0.2, 0.25) is 0 Å². The number of sulfonamides is 1. The van der Waals surface area contributed by atoms with Crippen LogP contribution in [0.15, 0.2) is 47.4 Å². The van der Waals surface area contributed by atoms with Gasteiger partial charge in [-0.05, 0) is 24.3 Å². The Kier molecular flexibility index (Phi) is 4.36. The van der Waals surface area contributed by atoms with Crippen molar-refractivity contribution in [3.05, 3.63) is 69.8 Å². The first-order valence-corrected chi connectivity index (χ1v) is 7.46. The van der Waals surface area contributed by atoms with Crippen LogP contribution in [0.25, 0.3) is 0 Å². The predicted molar refractivity (Wildman–Crippen MR) is 74.1 cm³/mol. The number of rotatable bonds is 4. The molecule has 1 amide bonds. The van der Waals surface area contributed by atoms with Gasteiger partial charge in [0.05, 0.1) is 10.5 Å². The lowest BCUT2D eigenvalue weighted by molar-refractivity contribution is -0.387. The number of benzene rings is 2. The molecule has 120 valence electrons. The molecule has 0 saturated carbocycles. The lowest BCUT2D eigenvalue weighted by Crippen LogP contribution is -2.31. The number of carbonyl (C=O) groups is 1. The van der Waals surface area contributed by atoms with Crippen LogP contribution in [-0.4, -0.2) is 19.2 Å². The second-order valence-corrected chi connectivity index (χ2v) is 5.93. The average Bonchev–Trinajstić information content (AvgIpc) is 2.49. The lowest BCUT2D eigenvalue weighted by Gasteiger charge is -2.08. The van der Waals surface area contributed by atoms with Crippen LogP contribution in [0, 0.1) is 21.7 Å². The molecule has 10 heteroatoms. The van der Waals surface area contributed by atoms with Gasteiger partial charge in [-0.1, -0.05) is 12.1 Å². The van der Waals surface area contributed by atoms with Crippen LogP contribution < -0.4 is 4.72 Å². The molecule has 0 aliphatic carbocycles. The van der Waals surface area contributed by atoms with Crippen molar-refractivity contribution in [1.29, 1.82) is 0 Å². The minimum Gasteiger partial charge on any atom is -0.268 e. The molecule has 23 heavy (non-hydrogen) atoms. The van der Waals surface area contributed by atoms with Gasteiger partial charge in [0.15, 0.2) is 4.90 Å². The molecular weight excluding hydrogens is 334 g/mol. The Hall–Kier alpha value is -2.88. The molecule has 0 radical (unpaired) electrons. The molecule has 2 aromatic rings. The van der Waals surface area contributed by atoms with Crippen molar-refractivity contribution in [3.63, 3.8) is 0 Å². The number of nitro benzene ring substituents is 1. The van der Waals surface area contributed by atoms with E-state index in [1.807, 2.05) is 0 Å². The number of carbonyl (C=O) groups excluding carboxylic acids is 1. The summed E-state index contributed by atoms with van der Waals surface area (Å²) < 4.78 is 52.2. The first-order chi connectivity index (χ1) is 10.7. The Labute approximate surface area is 128 Å². The van der Waals surface area contributed by atoms with Crippen molar-refractivity contribution >= 4 is 21.6 Å². The lowest BCUT2D eigenvalue weighted by atomic mass is 10.2. The highest BCUT2D eigenvalue weighted by Gasteiger charge is 2.28. The summed E-state index contributed by atoms with van der Waals surface area (Å²) in [6, 6.07) is 6.22. The third kappa shape index (κ3) is 3.48. The Morgan fingerprint density at radius 1 is 1.13 bits per heavy atom.